The molecule has 0 aliphatic rings. The third-order valence-corrected chi connectivity index (χ3v) is 4.70. The van der Waals surface area contributed by atoms with Crippen molar-refractivity contribution < 1.29 is 9.90 Å². The summed E-state index contributed by atoms with van der Waals surface area (Å²) < 4.78 is 1.78. The van der Waals surface area contributed by atoms with Crippen molar-refractivity contribution in [3.63, 3.8) is 0 Å². The van der Waals surface area contributed by atoms with Gasteiger partial charge in [-0.2, -0.15) is 0 Å². The highest BCUT2D eigenvalue weighted by atomic mass is 35.5. The fraction of sp³-hybridized carbons (Fsp3) is 0.0500. The monoisotopic (exact) mass is 335 g/mol. The van der Waals surface area contributed by atoms with E-state index in [9.17, 15) is 9.90 Å². The average molecular weight is 336 g/mol. The topological polar surface area (TPSA) is 42.2 Å². The number of hydrogen-bond donors (Lipinski definition) is 1. The number of aromatic carboxylic acids is 1. The summed E-state index contributed by atoms with van der Waals surface area (Å²) in [6, 6.07) is 21.7. The van der Waals surface area contributed by atoms with Gasteiger partial charge in [-0.1, -0.05) is 72.3 Å². The number of benzene rings is 3. The fourth-order valence-electron chi connectivity index (χ4n) is 3.24. The first-order valence-corrected chi connectivity index (χ1v) is 8.01. The standard InChI is InChI=1S/C20H14ClNO2/c21-18-16-10-3-4-11-17(16)22(19(18)20(23)24)12-14-8-5-7-13-6-1-2-9-15(13)14/h1-11H,12H2,(H,23,24). The predicted molar refractivity (Wildman–Crippen MR) is 97.0 cm³/mol. The lowest BCUT2D eigenvalue weighted by atomic mass is 10.0. The Kier molecular flexibility index (Phi) is 3.51. The molecule has 4 aromatic rings. The van der Waals surface area contributed by atoms with Gasteiger partial charge in [0.15, 0.2) is 0 Å². The van der Waals surface area contributed by atoms with Crippen LogP contribution in [-0.4, -0.2) is 15.6 Å². The molecule has 0 aliphatic carbocycles. The first-order valence-electron chi connectivity index (χ1n) is 7.63. The quantitative estimate of drug-likeness (QED) is 0.559. The van der Waals surface area contributed by atoms with Crippen molar-refractivity contribution in [2.45, 2.75) is 6.54 Å². The van der Waals surface area contributed by atoms with Gasteiger partial charge < -0.3 is 9.67 Å². The third kappa shape index (κ3) is 2.25. The molecule has 3 nitrogen and oxygen atoms in total. The van der Waals surface area contributed by atoms with Crippen molar-refractivity contribution in [1.29, 1.82) is 0 Å². The molecule has 0 fully saturated rings. The molecule has 4 rings (SSSR count). The Morgan fingerprint density at radius 3 is 2.38 bits per heavy atom. The summed E-state index contributed by atoms with van der Waals surface area (Å²) >= 11 is 6.34. The number of nitrogens with zero attached hydrogens (tertiary/aromatic N) is 1. The molecular formula is C20H14ClNO2. The summed E-state index contributed by atoms with van der Waals surface area (Å²) in [5, 5.41) is 12.9. The molecule has 4 heteroatoms. The lowest BCUT2D eigenvalue weighted by Crippen LogP contribution is -2.10. The number of carboxylic acid groups (broad SMARTS) is 1. The highest BCUT2D eigenvalue weighted by molar-refractivity contribution is 6.38. The van der Waals surface area contributed by atoms with Gasteiger partial charge in [-0.25, -0.2) is 4.79 Å². The average Bonchev–Trinajstić information content (AvgIpc) is 2.88. The molecule has 0 amide bonds. The van der Waals surface area contributed by atoms with E-state index in [1.807, 2.05) is 48.5 Å². The Labute approximate surface area is 143 Å². The molecular weight excluding hydrogens is 322 g/mol. The van der Waals surface area contributed by atoms with E-state index in [4.69, 9.17) is 11.6 Å². The molecule has 0 saturated heterocycles. The normalized spacial score (nSPS) is 11.2. The largest absolute Gasteiger partial charge is 0.477 e. The summed E-state index contributed by atoms with van der Waals surface area (Å²) in [5.41, 5.74) is 2.02. The molecule has 1 heterocycles. The van der Waals surface area contributed by atoms with Crippen molar-refractivity contribution in [2.24, 2.45) is 0 Å². The zero-order valence-corrected chi connectivity index (χ0v) is 13.5. The van der Waals surface area contributed by atoms with Crippen LogP contribution >= 0.6 is 11.6 Å². The predicted octanol–water partition coefficient (Wildman–Crippen LogP) is 5.19. The maximum Gasteiger partial charge on any atom is 0.354 e. The Hall–Kier alpha value is -2.78. The van der Waals surface area contributed by atoms with Crippen LogP contribution in [0.25, 0.3) is 21.7 Å². The molecule has 0 spiro atoms. The zero-order chi connectivity index (χ0) is 16.7. The van der Waals surface area contributed by atoms with Crippen molar-refractivity contribution in [2.75, 3.05) is 0 Å². The second kappa shape index (κ2) is 5.69. The Balaban J connectivity index is 1.97. The van der Waals surface area contributed by atoms with Crippen molar-refractivity contribution in [3.05, 3.63) is 83.0 Å². The van der Waals surface area contributed by atoms with Gasteiger partial charge in [0.05, 0.1) is 10.5 Å². The van der Waals surface area contributed by atoms with Gasteiger partial charge in [-0.15, -0.1) is 0 Å². The van der Waals surface area contributed by atoms with Gasteiger partial charge in [-0.05, 0) is 22.4 Å². The molecule has 0 radical (unpaired) electrons. The molecule has 24 heavy (non-hydrogen) atoms. The minimum absolute atomic E-state index is 0.130. The van der Waals surface area contributed by atoms with Gasteiger partial charge >= 0.3 is 5.97 Å². The summed E-state index contributed by atoms with van der Waals surface area (Å²) in [4.78, 5) is 11.8. The molecule has 0 unspecified atom stereocenters. The third-order valence-electron chi connectivity index (χ3n) is 4.32. The lowest BCUT2D eigenvalue weighted by molar-refractivity contribution is 0.0686. The van der Waals surface area contributed by atoms with E-state index in [1.165, 1.54) is 0 Å². The van der Waals surface area contributed by atoms with Crippen LogP contribution in [0.4, 0.5) is 0 Å². The molecule has 0 saturated carbocycles. The molecule has 118 valence electrons. The van der Waals surface area contributed by atoms with Crippen LogP contribution in [0.15, 0.2) is 66.7 Å². The second-order valence-electron chi connectivity index (χ2n) is 5.71. The number of carbonyl (C=O) groups is 1. The lowest BCUT2D eigenvalue weighted by Gasteiger charge is -2.11. The number of fused-ring (bicyclic) bond motifs is 2. The van der Waals surface area contributed by atoms with Gasteiger partial charge in [0.2, 0.25) is 0 Å². The van der Waals surface area contributed by atoms with Gasteiger partial charge in [0.25, 0.3) is 0 Å². The van der Waals surface area contributed by atoms with Crippen LogP contribution in [-0.2, 0) is 6.54 Å². The molecule has 0 atom stereocenters. The van der Waals surface area contributed by atoms with Crippen molar-refractivity contribution in [3.8, 4) is 0 Å². The maximum atomic E-state index is 11.8. The minimum Gasteiger partial charge on any atom is -0.477 e. The van der Waals surface area contributed by atoms with Crippen LogP contribution in [0.5, 0.6) is 0 Å². The Morgan fingerprint density at radius 2 is 1.58 bits per heavy atom. The van der Waals surface area contributed by atoms with Crippen LogP contribution < -0.4 is 0 Å². The van der Waals surface area contributed by atoms with Gasteiger partial charge in [-0.3, -0.25) is 0 Å². The Morgan fingerprint density at radius 1 is 0.917 bits per heavy atom. The van der Waals surface area contributed by atoms with Crippen LogP contribution in [0.2, 0.25) is 5.02 Å². The number of para-hydroxylation sites is 1. The Bertz CT molecular complexity index is 1080. The minimum atomic E-state index is -1.02. The SMILES string of the molecule is O=C(O)c1c(Cl)c2ccccc2n1Cc1cccc2ccccc12. The maximum absolute atomic E-state index is 11.8. The molecule has 3 aromatic carbocycles. The second-order valence-corrected chi connectivity index (χ2v) is 6.09. The van der Waals surface area contributed by atoms with Gasteiger partial charge in [0, 0.05) is 11.9 Å². The molecule has 0 aliphatic heterocycles. The number of aromatic nitrogens is 1. The van der Waals surface area contributed by atoms with Crippen LogP contribution in [0.1, 0.15) is 16.1 Å². The van der Waals surface area contributed by atoms with E-state index in [2.05, 4.69) is 18.2 Å². The first kappa shape index (κ1) is 14.8. The molecule has 1 N–H and O–H groups in total. The van der Waals surface area contributed by atoms with E-state index < -0.39 is 5.97 Å². The number of halogens is 1. The zero-order valence-electron chi connectivity index (χ0n) is 12.7. The van der Waals surface area contributed by atoms with Crippen LogP contribution in [0.3, 0.4) is 0 Å². The van der Waals surface area contributed by atoms with E-state index in [1.54, 1.807) is 4.57 Å². The highest BCUT2D eigenvalue weighted by Gasteiger charge is 2.21. The molecule has 1 aromatic heterocycles. The van der Waals surface area contributed by atoms with Crippen molar-refractivity contribution in [1.82, 2.24) is 4.57 Å². The summed E-state index contributed by atoms with van der Waals surface area (Å²) in [5.74, 6) is -1.02. The van der Waals surface area contributed by atoms with E-state index >= 15 is 0 Å². The summed E-state index contributed by atoms with van der Waals surface area (Å²) in [7, 11) is 0. The summed E-state index contributed by atoms with van der Waals surface area (Å²) in [6.07, 6.45) is 0. The van der Waals surface area contributed by atoms with Gasteiger partial charge in [0.1, 0.15) is 5.69 Å². The summed E-state index contributed by atoms with van der Waals surface area (Å²) in [6.45, 7) is 0.455. The van der Waals surface area contributed by atoms with E-state index in [0.29, 0.717) is 11.6 Å². The smallest absolute Gasteiger partial charge is 0.354 e. The van der Waals surface area contributed by atoms with Crippen LogP contribution in [0, 0.1) is 0 Å². The van der Waals surface area contributed by atoms with E-state index in [0.717, 1.165) is 27.2 Å². The number of hydrogen-bond acceptors (Lipinski definition) is 1. The van der Waals surface area contributed by atoms with Crippen molar-refractivity contribution >= 4 is 39.2 Å². The number of rotatable bonds is 3. The molecule has 0 bridgehead atoms. The number of carboxylic acids is 1. The van der Waals surface area contributed by atoms with E-state index in [-0.39, 0.29) is 5.69 Å². The highest BCUT2D eigenvalue weighted by Crippen LogP contribution is 2.32. The first-order chi connectivity index (χ1) is 11.7. The fourth-order valence-corrected chi connectivity index (χ4v) is 3.58.